The molecule has 2 heterocycles. The van der Waals surface area contributed by atoms with Crippen molar-refractivity contribution in [2.24, 2.45) is 0 Å². The number of benzene rings is 1. The molecule has 0 bridgehead atoms. The third-order valence-corrected chi connectivity index (χ3v) is 3.66. The van der Waals surface area contributed by atoms with Crippen molar-refractivity contribution >= 4 is 11.7 Å². The van der Waals surface area contributed by atoms with Crippen molar-refractivity contribution < 1.29 is 9.90 Å². The van der Waals surface area contributed by atoms with Crippen LogP contribution in [0.4, 0.5) is 5.82 Å². The number of pyridine rings is 1. The van der Waals surface area contributed by atoms with E-state index >= 15 is 0 Å². The van der Waals surface area contributed by atoms with Gasteiger partial charge < -0.3 is 10.4 Å². The zero-order valence-electron chi connectivity index (χ0n) is 13.3. The van der Waals surface area contributed by atoms with Crippen LogP contribution in [0.2, 0.25) is 0 Å². The molecule has 2 N–H and O–H groups in total. The summed E-state index contributed by atoms with van der Waals surface area (Å²) in [6, 6.07) is 10.6. The van der Waals surface area contributed by atoms with Crippen molar-refractivity contribution in [2.75, 3.05) is 5.32 Å². The first-order valence-electron chi connectivity index (χ1n) is 7.65. The minimum absolute atomic E-state index is 0.0461. The van der Waals surface area contributed by atoms with Crippen LogP contribution in [-0.4, -0.2) is 25.8 Å². The number of nitrogens with one attached hydrogen (secondary N) is 1. The average Bonchev–Trinajstić information content (AvgIpc) is 3.03. The molecule has 2 aromatic heterocycles. The highest BCUT2D eigenvalue weighted by molar-refractivity contribution is 6.05. The Morgan fingerprint density at radius 3 is 2.79 bits per heavy atom. The first kappa shape index (κ1) is 15.7. The lowest BCUT2D eigenvalue weighted by Crippen LogP contribution is -2.13. The van der Waals surface area contributed by atoms with Crippen molar-refractivity contribution in [2.45, 2.75) is 19.9 Å². The number of carbonyl (C=O) groups is 1. The highest BCUT2D eigenvalue weighted by Gasteiger charge is 2.12. The third kappa shape index (κ3) is 3.78. The molecular weight excluding hydrogens is 304 g/mol. The molecule has 24 heavy (non-hydrogen) atoms. The maximum absolute atomic E-state index is 12.2. The smallest absolute Gasteiger partial charge is 0.260 e. The number of nitrogens with zero attached hydrogens (tertiary/aromatic N) is 3. The lowest BCUT2D eigenvalue weighted by molar-refractivity contribution is 0.102. The van der Waals surface area contributed by atoms with E-state index in [1.165, 1.54) is 11.6 Å². The van der Waals surface area contributed by atoms with Gasteiger partial charge in [0.2, 0.25) is 0 Å². The molecule has 0 saturated carbocycles. The number of phenols is 1. The first-order valence-corrected chi connectivity index (χ1v) is 7.65. The van der Waals surface area contributed by atoms with Gasteiger partial charge in [0.25, 0.3) is 5.91 Å². The summed E-state index contributed by atoms with van der Waals surface area (Å²) >= 11 is 0. The number of amides is 1. The number of carbonyl (C=O) groups excluding carboxylic acids is 1. The molecule has 0 unspecified atom stereocenters. The summed E-state index contributed by atoms with van der Waals surface area (Å²) in [6.07, 6.45) is 6.17. The van der Waals surface area contributed by atoms with E-state index in [4.69, 9.17) is 0 Å². The second kappa shape index (κ2) is 6.95. The molecule has 6 nitrogen and oxygen atoms in total. The SMILES string of the molecule is Cc1ccc(O)c(C(=O)Nc2ccn(CCc3ccncc3)n2)c1. The Balaban J connectivity index is 1.63. The van der Waals surface area contributed by atoms with Crippen molar-refractivity contribution in [3.8, 4) is 5.75 Å². The lowest BCUT2D eigenvalue weighted by atomic mass is 10.1. The van der Waals surface area contributed by atoms with E-state index in [1.54, 1.807) is 35.3 Å². The Bertz CT molecular complexity index is 843. The topological polar surface area (TPSA) is 80.0 Å². The Kier molecular flexibility index (Phi) is 4.56. The van der Waals surface area contributed by atoms with Gasteiger partial charge in [-0.05, 0) is 43.2 Å². The fraction of sp³-hybridized carbons (Fsp3) is 0.167. The molecule has 3 rings (SSSR count). The molecule has 0 saturated heterocycles. The summed E-state index contributed by atoms with van der Waals surface area (Å²) in [5.41, 5.74) is 2.32. The first-order chi connectivity index (χ1) is 11.6. The summed E-state index contributed by atoms with van der Waals surface area (Å²) in [7, 11) is 0. The van der Waals surface area contributed by atoms with Crippen LogP contribution in [0.25, 0.3) is 0 Å². The van der Waals surface area contributed by atoms with Gasteiger partial charge in [0, 0.05) is 31.2 Å². The molecule has 0 atom stereocenters. The van der Waals surface area contributed by atoms with Crippen LogP contribution in [0.15, 0.2) is 55.0 Å². The highest BCUT2D eigenvalue weighted by Crippen LogP contribution is 2.19. The Labute approximate surface area is 139 Å². The zero-order valence-corrected chi connectivity index (χ0v) is 13.3. The minimum atomic E-state index is -0.379. The van der Waals surface area contributed by atoms with Gasteiger partial charge in [-0.15, -0.1) is 0 Å². The van der Waals surface area contributed by atoms with Crippen molar-refractivity contribution in [3.05, 3.63) is 71.7 Å². The Morgan fingerprint density at radius 2 is 2.00 bits per heavy atom. The van der Waals surface area contributed by atoms with Crippen LogP contribution in [0.3, 0.4) is 0 Å². The maximum Gasteiger partial charge on any atom is 0.260 e. The summed E-state index contributed by atoms with van der Waals surface area (Å²) in [5, 5.41) is 16.8. The molecule has 0 spiro atoms. The number of phenolic OH excluding ortho intramolecular Hbond substituents is 1. The Morgan fingerprint density at radius 1 is 1.21 bits per heavy atom. The fourth-order valence-electron chi connectivity index (χ4n) is 2.36. The summed E-state index contributed by atoms with van der Waals surface area (Å²) in [6.45, 7) is 2.57. The Hall–Kier alpha value is -3.15. The van der Waals surface area contributed by atoms with Gasteiger partial charge >= 0.3 is 0 Å². The van der Waals surface area contributed by atoms with Gasteiger partial charge in [-0.25, -0.2) is 0 Å². The van der Waals surface area contributed by atoms with Crippen LogP contribution in [0.1, 0.15) is 21.5 Å². The fourth-order valence-corrected chi connectivity index (χ4v) is 2.36. The number of aromatic nitrogens is 3. The van der Waals surface area contributed by atoms with Crippen LogP contribution in [0, 0.1) is 6.92 Å². The molecule has 1 amide bonds. The number of aromatic hydroxyl groups is 1. The predicted octanol–water partition coefficient (Wildman–Crippen LogP) is 2.79. The molecule has 1 aromatic carbocycles. The molecule has 0 radical (unpaired) electrons. The zero-order chi connectivity index (χ0) is 16.9. The summed E-state index contributed by atoms with van der Waals surface area (Å²) in [5.74, 6) is 0.0291. The van der Waals surface area contributed by atoms with E-state index in [9.17, 15) is 9.90 Å². The second-order valence-electron chi connectivity index (χ2n) is 5.54. The van der Waals surface area contributed by atoms with Gasteiger partial charge in [0.1, 0.15) is 5.75 Å². The minimum Gasteiger partial charge on any atom is -0.507 e. The largest absolute Gasteiger partial charge is 0.507 e. The number of aryl methyl sites for hydroxylation is 3. The summed E-state index contributed by atoms with van der Waals surface area (Å²) in [4.78, 5) is 16.2. The molecule has 0 aliphatic rings. The normalized spacial score (nSPS) is 10.5. The molecular formula is C18H18N4O2. The van der Waals surface area contributed by atoms with Crippen molar-refractivity contribution in [1.82, 2.24) is 14.8 Å². The summed E-state index contributed by atoms with van der Waals surface area (Å²) < 4.78 is 1.77. The van der Waals surface area contributed by atoms with E-state index in [1.807, 2.05) is 25.3 Å². The lowest BCUT2D eigenvalue weighted by Gasteiger charge is -2.06. The number of hydrogen-bond acceptors (Lipinski definition) is 4. The van der Waals surface area contributed by atoms with Gasteiger partial charge in [-0.2, -0.15) is 5.10 Å². The van der Waals surface area contributed by atoms with Crippen LogP contribution in [0.5, 0.6) is 5.75 Å². The van der Waals surface area contributed by atoms with E-state index in [2.05, 4.69) is 15.4 Å². The third-order valence-electron chi connectivity index (χ3n) is 3.66. The molecule has 0 aliphatic carbocycles. The average molecular weight is 322 g/mol. The second-order valence-corrected chi connectivity index (χ2v) is 5.54. The van der Waals surface area contributed by atoms with Crippen molar-refractivity contribution in [3.63, 3.8) is 0 Å². The molecule has 0 aliphatic heterocycles. The number of rotatable bonds is 5. The van der Waals surface area contributed by atoms with Crippen LogP contribution < -0.4 is 5.32 Å². The van der Waals surface area contributed by atoms with Crippen molar-refractivity contribution in [1.29, 1.82) is 0 Å². The van der Waals surface area contributed by atoms with E-state index in [-0.39, 0.29) is 17.2 Å². The monoisotopic (exact) mass is 322 g/mol. The van der Waals surface area contributed by atoms with Crippen LogP contribution in [-0.2, 0) is 13.0 Å². The van der Waals surface area contributed by atoms with E-state index < -0.39 is 0 Å². The highest BCUT2D eigenvalue weighted by atomic mass is 16.3. The molecule has 3 aromatic rings. The molecule has 122 valence electrons. The number of hydrogen-bond donors (Lipinski definition) is 2. The van der Waals surface area contributed by atoms with E-state index in [0.717, 1.165) is 12.0 Å². The maximum atomic E-state index is 12.2. The standard InChI is InChI=1S/C18H18N4O2/c1-13-2-3-16(23)15(12-13)18(24)20-17-7-11-22(21-17)10-6-14-4-8-19-9-5-14/h2-5,7-9,11-12,23H,6,10H2,1H3,(H,20,21,24). The quantitative estimate of drug-likeness (QED) is 0.757. The van der Waals surface area contributed by atoms with Gasteiger partial charge in [-0.3, -0.25) is 14.5 Å². The molecule has 0 fully saturated rings. The van der Waals surface area contributed by atoms with Gasteiger partial charge in [0.05, 0.1) is 5.56 Å². The number of anilines is 1. The van der Waals surface area contributed by atoms with Gasteiger partial charge in [-0.1, -0.05) is 11.6 Å². The van der Waals surface area contributed by atoms with E-state index in [0.29, 0.717) is 12.4 Å². The van der Waals surface area contributed by atoms with Crippen LogP contribution >= 0.6 is 0 Å². The predicted molar refractivity (Wildman–Crippen MR) is 91.0 cm³/mol. The molecule has 6 heteroatoms. The van der Waals surface area contributed by atoms with Gasteiger partial charge in [0.15, 0.2) is 5.82 Å².